The lowest BCUT2D eigenvalue weighted by Gasteiger charge is -2.23. The first-order valence-corrected chi connectivity index (χ1v) is 8.79. The first-order valence-electron chi connectivity index (χ1n) is 8.79. The maximum atomic E-state index is 5.94. The maximum absolute atomic E-state index is 5.94. The van der Waals surface area contributed by atoms with Crippen molar-refractivity contribution in [2.75, 3.05) is 57.8 Å². The third-order valence-corrected chi connectivity index (χ3v) is 5.15. The lowest BCUT2D eigenvalue weighted by atomic mass is 10.1. The van der Waals surface area contributed by atoms with Gasteiger partial charge in [0.15, 0.2) is 5.58 Å². The summed E-state index contributed by atoms with van der Waals surface area (Å²) in [6.45, 7) is 8.10. The van der Waals surface area contributed by atoms with Crippen molar-refractivity contribution in [1.82, 2.24) is 14.8 Å². The van der Waals surface area contributed by atoms with Crippen molar-refractivity contribution in [2.45, 2.75) is 12.8 Å². The molecular formula is C18H26N4O. The van der Waals surface area contributed by atoms with Crippen LogP contribution in [-0.2, 0) is 0 Å². The summed E-state index contributed by atoms with van der Waals surface area (Å²) in [5, 5.41) is 0. The highest BCUT2D eigenvalue weighted by molar-refractivity contribution is 5.74. The molecule has 0 spiro atoms. The van der Waals surface area contributed by atoms with Crippen LogP contribution in [-0.4, -0.2) is 67.6 Å². The molecule has 0 amide bonds. The van der Waals surface area contributed by atoms with E-state index in [2.05, 4.69) is 26.7 Å². The van der Waals surface area contributed by atoms with Gasteiger partial charge in [0, 0.05) is 32.7 Å². The molecule has 5 heteroatoms. The number of nitrogens with zero attached hydrogens (tertiary/aromatic N) is 4. The molecule has 0 N–H and O–H groups in total. The van der Waals surface area contributed by atoms with E-state index in [-0.39, 0.29) is 0 Å². The van der Waals surface area contributed by atoms with E-state index in [0.29, 0.717) is 0 Å². The van der Waals surface area contributed by atoms with Crippen LogP contribution in [0, 0.1) is 5.92 Å². The minimum Gasteiger partial charge on any atom is -0.423 e. The zero-order valence-corrected chi connectivity index (χ0v) is 13.9. The monoisotopic (exact) mass is 314 g/mol. The molecule has 4 rings (SSSR count). The number of fused-ring (bicyclic) bond motifs is 1. The van der Waals surface area contributed by atoms with Gasteiger partial charge in [-0.15, -0.1) is 0 Å². The van der Waals surface area contributed by atoms with Crippen molar-refractivity contribution in [3.8, 4) is 0 Å². The summed E-state index contributed by atoms with van der Waals surface area (Å²) in [6.07, 6.45) is 2.53. The maximum Gasteiger partial charge on any atom is 0.298 e. The van der Waals surface area contributed by atoms with Crippen LogP contribution in [0.3, 0.4) is 0 Å². The topological polar surface area (TPSA) is 35.8 Å². The SMILES string of the molecule is CN1CCC(CN2CCCN(c3nc4ccccc4o3)CC2)C1. The summed E-state index contributed by atoms with van der Waals surface area (Å²) in [5.41, 5.74) is 1.84. The quantitative estimate of drug-likeness (QED) is 0.869. The van der Waals surface area contributed by atoms with Crippen molar-refractivity contribution in [1.29, 1.82) is 0 Å². The smallest absolute Gasteiger partial charge is 0.298 e. The normalized spacial score (nSPS) is 24.4. The van der Waals surface area contributed by atoms with E-state index in [4.69, 9.17) is 4.42 Å². The number of anilines is 1. The molecular weight excluding hydrogens is 288 g/mol. The van der Waals surface area contributed by atoms with Gasteiger partial charge in [-0.05, 0) is 51.0 Å². The Morgan fingerprint density at radius 1 is 1.13 bits per heavy atom. The molecule has 1 unspecified atom stereocenters. The Morgan fingerprint density at radius 2 is 2.04 bits per heavy atom. The van der Waals surface area contributed by atoms with Crippen LogP contribution in [0.4, 0.5) is 6.01 Å². The molecule has 5 nitrogen and oxygen atoms in total. The molecule has 1 atom stereocenters. The summed E-state index contributed by atoms with van der Waals surface area (Å²) in [4.78, 5) is 12.0. The second kappa shape index (κ2) is 6.49. The van der Waals surface area contributed by atoms with E-state index in [1.807, 2.05) is 24.3 Å². The van der Waals surface area contributed by atoms with E-state index in [1.54, 1.807) is 0 Å². The van der Waals surface area contributed by atoms with Gasteiger partial charge in [0.05, 0.1) is 0 Å². The molecule has 1 aromatic carbocycles. The summed E-state index contributed by atoms with van der Waals surface area (Å²) in [5.74, 6) is 0.843. The highest BCUT2D eigenvalue weighted by Gasteiger charge is 2.24. The van der Waals surface area contributed by atoms with Gasteiger partial charge in [-0.25, -0.2) is 0 Å². The van der Waals surface area contributed by atoms with Gasteiger partial charge < -0.3 is 19.1 Å². The lowest BCUT2D eigenvalue weighted by molar-refractivity contribution is 0.244. The Balaban J connectivity index is 1.38. The van der Waals surface area contributed by atoms with Crippen LogP contribution in [0.15, 0.2) is 28.7 Å². The number of oxazole rings is 1. The van der Waals surface area contributed by atoms with E-state index in [1.165, 1.54) is 39.0 Å². The molecule has 0 saturated carbocycles. The molecule has 3 heterocycles. The minimum absolute atomic E-state index is 0.786. The van der Waals surface area contributed by atoms with E-state index < -0.39 is 0 Å². The average molecular weight is 314 g/mol. The molecule has 0 radical (unpaired) electrons. The number of para-hydroxylation sites is 2. The zero-order chi connectivity index (χ0) is 15.6. The van der Waals surface area contributed by atoms with Crippen molar-refractivity contribution in [3.05, 3.63) is 24.3 Å². The second-order valence-electron chi connectivity index (χ2n) is 7.02. The molecule has 23 heavy (non-hydrogen) atoms. The Kier molecular flexibility index (Phi) is 4.23. The Hall–Kier alpha value is -1.59. The van der Waals surface area contributed by atoms with Gasteiger partial charge in [-0.1, -0.05) is 12.1 Å². The standard InChI is InChI=1S/C18H26N4O/c1-20-10-7-15(13-20)14-21-8-4-9-22(12-11-21)18-19-16-5-2-3-6-17(16)23-18/h2-3,5-6,15H,4,7-14H2,1H3. The van der Waals surface area contributed by atoms with Crippen LogP contribution in [0.25, 0.3) is 11.1 Å². The van der Waals surface area contributed by atoms with Crippen LogP contribution in [0.1, 0.15) is 12.8 Å². The largest absolute Gasteiger partial charge is 0.423 e. The molecule has 2 fully saturated rings. The predicted molar refractivity (Wildman–Crippen MR) is 92.9 cm³/mol. The molecule has 0 bridgehead atoms. The van der Waals surface area contributed by atoms with Crippen molar-refractivity contribution in [2.24, 2.45) is 5.92 Å². The van der Waals surface area contributed by atoms with Crippen LogP contribution in [0.5, 0.6) is 0 Å². The lowest BCUT2D eigenvalue weighted by Crippen LogP contribution is -2.34. The number of hydrogen-bond donors (Lipinski definition) is 0. The Morgan fingerprint density at radius 3 is 2.87 bits per heavy atom. The fraction of sp³-hybridized carbons (Fsp3) is 0.611. The summed E-state index contributed by atoms with van der Waals surface area (Å²) in [7, 11) is 2.23. The van der Waals surface area contributed by atoms with Crippen LogP contribution >= 0.6 is 0 Å². The Bertz CT molecular complexity index is 622. The molecule has 124 valence electrons. The van der Waals surface area contributed by atoms with Gasteiger partial charge in [-0.3, -0.25) is 0 Å². The second-order valence-corrected chi connectivity index (χ2v) is 7.02. The number of aromatic nitrogens is 1. The van der Waals surface area contributed by atoms with Gasteiger partial charge >= 0.3 is 0 Å². The first-order chi connectivity index (χ1) is 11.3. The van der Waals surface area contributed by atoms with E-state index in [0.717, 1.165) is 42.7 Å². The van der Waals surface area contributed by atoms with Crippen LogP contribution < -0.4 is 4.90 Å². The predicted octanol–water partition coefficient (Wildman–Crippen LogP) is 2.29. The van der Waals surface area contributed by atoms with Crippen molar-refractivity contribution in [3.63, 3.8) is 0 Å². The van der Waals surface area contributed by atoms with Gasteiger partial charge in [0.2, 0.25) is 0 Å². The fourth-order valence-electron chi connectivity index (χ4n) is 3.88. The van der Waals surface area contributed by atoms with Crippen LogP contribution in [0.2, 0.25) is 0 Å². The third kappa shape index (κ3) is 3.35. The summed E-state index contributed by atoms with van der Waals surface area (Å²) < 4.78 is 5.94. The van der Waals surface area contributed by atoms with Gasteiger partial charge in [0.25, 0.3) is 6.01 Å². The third-order valence-electron chi connectivity index (χ3n) is 5.15. The summed E-state index contributed by atoms with van der Waals surface area (Å²) in [6, 6.07) is 8.81. The number of hydrogen-bond acceptors (Lipinski definition) is 5. The molecule has 2 aliphatic rings. The molecule has 2 saturated heterocycles. The Labute approximate surface area is 137 Å². The number of benzene rings is 1. The highest BCUT2D eigenvalue weighted by atomic mass is 16.4. The van der Waals surface area contributed by atoms with Gasteiger partial charge in [0.1, 0.15) is 5.52 Å². The summed E-state index contributed by atoms with van der Waals surface area (Å²) >= 11 is 0. The van der Waals surface area contributed by atoms with Crippen molar-refractivity contribution < 1.29 is 4.42 Å². The van der Waals surface area contributed by atoms with Gasteiger partial charge in [-0.2, -0.15) is 4.98 Å². The van der Waals surface area contributed by atoms with E-state index in [9.17, 15) is 0 Å². The molecule has 2 aliphatic heterocycles. The molecule has 0 aliphatic carbocycles. The number of rotatable bonds is 3. The minimum atomic E-state index is 0.786. The van der Waals surface area contributed by atoms with E-state index >= 15 is 0 Å². The first kappa shape index (κ1) is 15.0. The van der Waals surface area contributed by atoms with Crippen molar-refractivity contribution >= 4 is 17.1 Å². The zero-order valence-electron chi connectivity index (χ0n) is 13.9. The highest BCUT2D eigenvalue weighted by Crippen LogP contribution is 2.23. The average Bonchev–Trinajstić information content (AvgIpc) is 3.08. The molecule has 1 aromatic heterocycles. The number of likely N-dealkylation sites (tertiary alicyclic amines) is 1. The molecule has 2 aromatic rings. The fourth-order valence-corrected chi connectivity index (χ4v) is 3.88.